The summed E-state index contributed by atoms with van der Waals surface area (Å²) < 4.78 is 9.58. The second kappa shape index (κ2) is 5.70. The van der Waals surface area contributed by atoms with Gasteiger partial charge in [0.1, 0.15) is 6.61 Å². The van der Waals surface area contributed by atoms with Crippen LogP contribution in [0.4, 0.5) is 4.79 Å². The molecule has 4 heteroatoms. The molecule has 0 aliphatic carbocycles. The molecular weight excluding hydrogens is 194 g/mol. The van der Waals surface area contributed by atoms with Gasteiger partial charge in [0.2, 0.25) is 0 Å². The Bertz CT molecular complexity index is 335. The third kappa shape index (κ3) is 4.17. The van der Waals surface area contributed by atoms with E-state index in [1.165, 1.54) is 7.11 Å². The maximum Gasteiger partial charge on any atom is 0.414 e. The van der Waals surface area contributed by atoms with Crippen LogP contribution in [0.1, 0.15) is 5.56 Å². The van der Waals surface area contributed by atoms with Crippen LogP contribution in [-0.2, 0) is 16.1 Å². The SMILES string of the molecule is C=C(NC(=O)OCc1ccccc1)OC. The van der Waals surface area contributed by atoms with Crippen molar-refractivity contribution >= 4 is 6.09 Å². The van der Waals surface area contributed by atoms with Gasteiger partial charge < -0.3 is 9.47 Å². The lowest BCUT2D eigenvalue weighted by Crippen LogP contribution is -2.23. The van der Waals surface area contributed by atoms with Gasteiger partial charge in [-0.2, -0.15) is 0 Å². The van der Waals surface area contributed by atoms with Crippen molar-refractivity contribution in [2.75, 3.05) is 7.11 Å². The molecule has 0 aliphatic heterocycles. The molecule has 4 nitrogen and oxygen atoms in total. The van der Waals surface area contributed by atoms with Crippen LogP contribution in [0, 0.1) is 0 Å². The molecule has 80 valence electrons. The van der Waals surface area contributed by atoms with Crippen molar-refractivity contribution in [1.29, 1.82) is 0 Å². The average Bonchev–Trinajstić information content (AvgIpc) is 2.27. The second-order valence-electron chi connectivity index (χ2n) is 2.81. The van der Waals surface area contributed by atoms with Gasteiger partial charge in [0.05, 0.1) is 7.11 Å². The van der Waals surface area contributed by atoms with Crippen molar-refractivity contribution in [3.8, 4) is 0 Å². The van der Waals surface area contributed by atoms with Crippen LogP contribution in [0.25, 0.3) is 0 Å². The Morgan fingerprint density at radius 2 is 2.07 bits per heavy atom. The third-order valence-corrected chi connectivity index (χ3v) is 1.70. The summed E-state index contributed by atoms with van der Waals surface area (Å²) in [5.41, 5.74) is 0.927. The van der Waals surface area contributed by atoms with Crippen LogP contribution < -0.4 is 5.32 Å². The van der Waals surface area contributed by atoms with Crippen molar-refractivity contribution < 1.29 is 14.3 Å². The van der Waals surface area contributed by atoms with E-state index in [9.17, 15) is 4.79 Å². The highest BCUT2D eigenvalue weighted by molar-refractivity contribution is 5.68. The smallest absolute Gasteiger partial charge is 0.414 e. The Balaban J connectivity index is 2.32. The first-order chi connectivity index (χ1) is 7.22. The summed E-state index contributed by atoms with van der Waals surface area (Å²) in [5.74, 6) is 0.160. The lowest BCUT2D eigenvalue weighted by Gasteiger charge is -2.07. The zero-order chi connectivity index (χ0) is 11.1. The van der Waals surface area contributed by atoms with Crippen LogP contribution in [0.15, 0.2) is 42.8 Å². The van der Waals surface area contributed by atoms with E-state index in [0.29, 0.717) is 0 Å². The highest BCUT2D eigenvalue weighted by atomic mass is 16.6. The number of hydrogen-bond acceptors (Lipinski definition) is 3. The number of nitrogens with one attached hydrogen (secondary N) is 1. The van der Waals surface area contributed by atoms with Crippen molar-refractivity contribution in [3.05, 3.63) is 48.4 Å². The maximum absolute atomic E-state index is 11.1. The van der Waals surface area contributed by atoms with E-state index in [1.54, 1.807) is 0 Å². The Kier molecular flexibility index (Phi) is 4.22. The van der Waals surface area contributed by atoms with Crippen molar-refractivity contribution in [3.63, 3.8) is 0 Å². The lowest BCUT2D eigenvalue weighted by atomic mass is 10.2. The van der Waals surface area contributed by atoms with Gasteiger partial charge >= 0.3 is 6.09 Å². The predicted molar refractivity (Wildman–Crippen MR) is 55.9 cm³/mol. The fraction of sp³-hybridized carbons (Fsp3) is 0.182. The second-order valence-corrected chi connectivity index (χ2v) is 2.81. The largest absolute Gasteiger partial charge is 0.483 e. The van der Waals surface area contributed by atoms with Gasteiger partial charge in [-0.25, -0.2) is 4.79 Å². The molecule has 0 atom stereocenters. The lowest BCUT2D eigenvalue weighted by molar-refractivity contribution is 0.134. The first-order valence-electron chi connectivity index (χ1n) is 4.43. The van der Waals surface area contributed by atoms with Gasteiger partial charge in [-0.3, -0.25) is 5.32 Å². The number of alkyl carbamates (subject to hydrolysis) is 1. The first kappa shape index (κ1) is 11.1. The minimum atomic E-state index is -0.578. The number of carbonyl (C=O) groups is 1. The van der Waals surface area contributed by atoms with Crippen LogP contribution in [0.2, 0.25) is 0 Å². The number of carbonyl (C=O) groups excluding carboxylic acids is 1. The van der Waals surface area contributed by atoms with Crippen LogP contribution >= 0.6 is 0 Å². The van der Waals surface area contributed by atoms with Gasteiger partial charge in [-0.15, -0.1) is 0 Å². The van der Waals surface area contributed by atoms with Gasteiger partial charge in [-0.05, 0) is 12.1 Å². The predicted octanol–water partition coefficient (Wildman–Crippen LogP) is 2.03. The zero-order valence-corrected chi connectivity index (χ0v) is 8.53. The third-order valence-electron chi connectivity index (χ3n) is 1.70. The molecule has 0 fully saturated rings. The molecule has 0 saturated heterocycles. The van der Waals surface area contributed by atoms with Gasteiger partial charge in [0.25, 0.3) is 0 Å². The van der Waals surface area contributed by atoms with Crippen LogP contribution in [0.5, 0.6) is 0 Å². The minimum Gasteiger partial charge on any atom is -0.483 e. The van der Waals surface area contributed by atoms with Crippen molar-refractivity contribution in [2.24, 2.45) is 0 Å². The monoisotopic (exact) mass is 207 g/mol. The number of benzene rings is 1. The van der Waals surface area contributed by atoms with E-state index >= 15 is 0 Å². The Labute approximate surface area is 88.5 Å². The number of hydrogen-bond donors (Lipinski definition) is 1. The van der Waals surface area contributed by atoms with Gasteiger partial charge in [0, 0.05) is 0 Å². The van der Waals surface area contributed by atoms with E-state index in [2.05, 4.69) is 16.6 Å². The molecule has 1 N–H and O–H groups in total. The standard InChI is InChI=1S/C11H13NO3/c1-9(14-2)12-11(13)15-8-10-6-4-3-5-7-10/h3-7H,1,8H2,2H3,(H,12,13). The minimum absolute atomic E-state index is 0.160. The highest BCUT2D eigenvalue weighted by Gasteiger charge is 2.03. The fourth-order valence-electron chi connectivity index (χ4n) is 0.924. The maximum atomic E-state index is 11.1. The molecule has 0 heterocycles. The fourth-order valence-corrected chi connectivity index (χ4v) is 0.924. The number of rotatable bonds is 4. The van der Waals surface area contributed by atoms with E-state index in [0.717, 1.165) is 5.56 Å². The summed E-state index contributed by atoms with van der Waals surface area (Å²) in [5, 5.41) is 2.32. The molecule has 0 aliphatic rings. The van der Waals surface area contributed by atoms with Gasteiger partial charge in [0.15, 0.2) is 5.88 Å². The molecule has 0 bridgehead atoms. The molecule has 1 aromatic rings. The molecule has 15 heavy (non-hydrogen) atoms. The molecule has 0 unspecified atom stereocenters. The van der Waals surface area contributed by atoms with E-state index in [-0.39, 0.29) is 12.5 Å². The summed E-state index contributed by atoms with van der Waals surface area (Å²) in [4.78, 5) is 11.1. The number of methoxy groups -OCH3 is 1. The first-order valence-corrected chi connectivity index (χ1v) is 4.43. The summed E-state index contributed by atoms with van der Waals surface area (Å²) in [6.07, 6.45) is -0.578. The normalized spacial score (nSPS) is 9.13. The molecule has 0 spiro atoms. The number of amides is 1. The van der Waals surface area contributed by atoms with Crippen LogP contribution in [0.3, 0.4) is 0 Å². The molecule has 1 aromatic carbocycles. The highest BCUT2D eigenvalue weighted by Crippen LogP contribution is 2.00. The summed E-state index contributed by atoms with van der Waals surface area (Å²) >= 11 is 0. The molecule has 0 aromatic heterocycles. The Morgan fingerprint density at radius 1 is 1.40 bits per heavy atom. The Morgan fingerprint density at radius 3 is 2.67 bits per heavy atom. The molecule has 0 radical (unpaired) electrons. The molecule has 0 saturated carbocycles. The van der Waals surface area contributed by atoms with Crippen molar-refractivity contribution in [2.45, 2.75) is 6.61 Å². The van der Waals surface area contributed by atoms with E-state index in [4.69, 9.17) is 4.74 Å². The molecule has 1 amide bonds. The van der Waals surface area contributed by atoms with Crippen molar-refractivity contribution in [1.82, 2.24) is 5.32 Å². The number of ether oxygens (including phenoxy) is 2. The Hall–Kier alpha value is -1.97. The zero-order valence-electron chi connectivity index (χ0n) is 8.53. The quantitative estimate of drug-likeness (QED) is 0.768. The van der Waals surface area contributed by atoms with Gasteiger partial charge in [-0.1, -0.05) is 30.3 Å². The van der Waals surface area contributed by atoms with E-state index < -0.39 is 6.09 Å². The molecule has 1 rings (SSSR count). The summed E-state index contributed by atoms with van der Waals surface area (Å²) in [6, 6.07) is 9.41. The summed E-state index contributed by atoms with van der Waals surface area (Å²) in [6.45, 7) is 3.66. The average molecular weight is 207 g/mol. The summed E-state index contributed by atoms with van der Waals surface area (Å²) in [7, 11) is 1.42. The van der Waals surface area contributed by atoms with E-state index in [1.807, 2.05) is 30.3 Å². The molecular formula is C11H13NO3. The van der Waals surface area contributed by atoms with Crippen LogP contribution in [-0.4, -0.2) is 13.2 Å². The topological polar surface area (TPSA) is 47.6 Å².